The molecule has 2 aromatic carbocycles. The second-order valence-corrected chi connectivity index (χ2v) is 5.13. The summed E-state index contributed by atoms with van der Waals surface area (Å²) in [6.07, 6.45) is 1.48. The smallest absolute Gasteiger partial charge is 0.347 e. The molecule has 0 radical (unpaired) electrons. The zero-order valence-corrected chi connectivity index (χ0v) is 14.5. The van der Waals surface area contributed by atoms with Gasteiger partial charge in [0.25, 0.3) is 0 Å². The Labute approximate surface area is 151 Å². The van der Waals surface area contributed by atoms with Crippen molar-refractivity contribution in [2.75, 3.05) is 20.8 Å². The molecule has 7 nitrogen and oxygen atoms in total. The summed E-state index contributed by atoms with van der Waals surface area (Å²) in [5.41, 5.74) is 1.98. The van der Waals surface area contributed by atoms with E-state index in [4.69, 9.17) is 14.3 Å². The number of hydrogen-bond acceptors (Lipinski definition) is 7. The van der Waals surface area contributed by atoms with Gasteiger partial charge in [-0.15, -0.1) is 0 Å². The molecule has 0 atom stereocenters. The Balaban J connectivity index is 1.71. The van der Waals surface area contributed by atoms with Crippen LogP contribution in [0.4, 0.5) is 0 Å². The van der Waals surface area contributed by atoms with Gasteiger partial charge in [0.05, 0.1) is 26.0 Å². The van der Waals surface area contributed by atoms with E-state index in [1.165, 1.54) is 13.3 Å². The molecule has 0 fully saturated rings. The van der Waals surface area contributed by atoms with Gasteiger partial charge in [-0.3, -0.25) is 0 Å². The molecule has 0 unspecified atom stereocenters. The summed E-state index contributed by atoms with van der Waals surface area (Å²) in [7, 11) is 2.90. The highest BCUT2D eigenvalue weighted by atomic mass is 16.6. The first-order valence-electron chi connectivity index (χ1n) is 7.74. The van der Waals surface area contributed by atoms with Crippen LogP contribution in [0.25, 0.3) is 0 Å². The molecule has 26 heavy (non-hydrogen) atoms. The van der Waals surface area contributed by atoms with E-state index >= 15 is 0 Å². The van der Waals surface area contributed by atoms with Crippen molar-refractivity contribution < 1.29 is 28.6 Å². The van der Waals surface area contributed by atoms with Crippen LogP contribution >= 0.6 is 0 Å². The van der Waals surface area contributed by atoms with Gasteiger partial charge in [-0.25, -0.2) is 9.59 Å². The van der Waals surface area contributed by atoms with Crippen molar-refractivity contribution in [3.05, 3.63) is 65.2 Å². The van der Waals surface area contributed by atoms with Crippen LogP contribution < -0.4 is 4.74 Å². The molecule has 2 aromatic rings. The van der Waals surface area contributed by atoms with Crippen molar-refractivity contribution in [1.82, 2.24) is 0 Å². The largest absolute Gasteiger partial charge is 0.497 e. The van der Waals surface area contributed by atoms with Crippen LogP contribution in [0.3, 0.4) is 0 Å². The minimum absolute atomic E-state index is 0.0752. The van der Waals surface area contributed by atoms with Crippen molar-refractivity contribution >= 4 is 18.2 Å². The van der Waals surface area contributed by atoms with Crippen LogP contribution in [0.1, 0.15) is 21.5 Å². The van der Waals surface area contributed by atoms with Crippen molar-refractivity contribution in [2.24, 2.45) is 5.16 Å². The normalized spacial score (nSPS) is 10.4. The molecule has 0 saturated heterocycles. The van der Waals surface area contributed by atoms with Gasteiger partial charge in [0.15, 0.2) is 0 Å². The number of oxime groups is 1. The Kier molecular flexibility index (Phi) is 7.17. The van der Waals surface area contributed by atoms with E-state index in [1.807, 2.05) is 12.1 Å². The second kappa shape index (κ2) is 9.83. The molecule has 136 valence electrons. The highest BCUT2D eigenvalue weighted by Crippen LogP contribution is 2.10. The molecule has 0 bridgehead atoms. The number of hydrogen-bond donors (Lipinski definition) is 0. The van der Waals surface area contributed by atoms with Gasteiger partial charge >= 0.3 is 11.9 Å². The summed E-state index contributed by atoms with van der Waals surface area (Å²) in [4.78, 5) is 27.9. The van der Waals surface area contributed by atoms with Gasteiger partial charge in [-0.1, -0.05) is 17.3 Å². The predicted molar refractivity (Wildman–Crippen MR) is 94.1 cm³/mol. The quantitative estimate of drug-likeness (QED) is 0.410. The molecule has 0 spiro atoms. The lowest BCUT2D eigenvalue weighted by molar-refractivity contribution is -0.150. The van der Waals surface area contributed by atoms with Crippen molar-refractivity contribution in [3.8, 4) is 5.75 Å². The fourth-order valence-electron chi connectivity index (χ4n) is 1.94. The van der Waals surface area contributed by atoms with E-state index in [2.05, 4.69) is 9.89 Å². The highest BCUT2D eigenvalue weighted by molar-refractivity contribution is 5.89. The first-order valence-corrected chi connectivity index (χ1v) is 7.74. The Bertz CT molecular complexity index is 753. The molecule has 0 amide bonds. The third-order valence-electron chi connectivity index (χ3n) is 3.35. The number of carbonyl (C=O) groups is 2. The fraction of sp³-hybridized carbons (Fsp3) is 0.211. The maximum Gasteiger partial charge on any atom is 0.347 e. The molecule has 0 heterocycles. The van der Waals surface area contributed by atoms with Crippen LogP contribution in [0.15, 0.2) is 53.7 Å². The van der Waals surface area contributed by atoms with E-state index in [0.29, 0.717) is 5.56 Å². The Morgan fingerprint density at radius 1 is 1.00 bits per heavy atom. The minimum Gasteiger partial charge on any atom is -0.497 e. The lowest BCUT2D eigenvalue weighted by Gasteiger charge is -2.05. The first kappa shape index (κ1) is 19.0. The lowest BCUT2D eigenvalue weighted by Crippen LogP contribution is -2.11. The molecule has 7 heteroatoms. The topological polar surface area (TPSA) is 83.4 Å². The number of esters is 2. The molecule has 0 N–H and O–H groups in total. The fourth-order valence-corrected chi connectivity index (χ4v) is 1.94. The van der Waals surface area contributed by atoms with Gasteiger partial charge in [-0.2, -0.15) is 0 Å². The number of nitrogens with zero attached hydrogens (tertiary/aromatic N) is 1. The van der Waals surface area contributed by atoms with Gasteiger partial charge in [0.2, 0.25) is 6.61 Å². The number of ether oxygens (including phenoxy) is 3. The van der Waals surface area contributed by atoms with Gasteiger partial charge in [0, 0.05) is 0 Å². The average Bonchev–Trinajstić information content (AvgIpc) is 2.70. The summed E-state index contributed by atoms with van der Waals surface area (Å²) >= 11 is 0. The van der Waals surface area contributed by atoms with Crippen molar-refractivity contribution in [1.29, 1.82) is 0 Å². The van der Waals surface area contributed by atoms with E-state index in [9.17, 15) is 9.59 Å². The van der Waals surface area contributed by atoms with Crippen LogP contribution in [0.2, 0.25) is 0 Å². The summed E-state index contributed by atoms with van der Waals surface area (Å²) in [6.45, 7) is -0.223. The van der Waals surface area contributed by atoms with Gasteiger partial charge < -0.3 is 19.0 Å². The van der Waals surface area contributed by atoms with Gasteiger partial charge in [-0.05, 0) is 47.5 Å². The Hall–Kier alpha value is -3.35. The highest BCUT2D eigenvalue weighted by Gasteiger charge is 2.06. The standard InChI is InChI=1S/C19H19NO6/c1-23-17-9-5-14(6-10-17)11-20-26-13-18(21)25-12-15-3-7-16(8-4-15)19(22)24-2/h3-11H,12-13H2,1-2H3/b20-11-. The summed E-state index contributed by atoms with van der Waals surface area (Å²) in [5.74, 6) is -0.225. The molecule has 2 rings (SSSR count). The lowest BCUT2D eigenvalue weighted by atomic mass is 10.1. The third-order valence-corrected chi connectivity index (χ3v) is 3.35. The molecular weight excluding hydrogens is 338 g/mol. The minimum atomic E-state index is -0.547. The number of carbonyl (C=O) groups excluding carboxylic acids is 2. The van der Waals surface area contributed by atoms with Crippen molar-refractivity contribution in [2.45, 2.75) is 6.61 Å². The summed E-state index contributed by atoms with van der Waals surface area (Å²) in [5, 5.41) is 3.71. The maximum absolute atomic E-state index is 11.6. The molecule has 0 aromatic heterocycles. The number of methoxy groups -OCH3 is 2. The van der Waals surface area contributed by atoms with Crippen LogP contribution in [0, 0.1) is 0 Å². The zero-order valence-electron chi connectivity index (χ0n) is 14.5. The SMILES string of the molecule is COC(=O)c1ccc(COC(=O)CO/N=C\c2ccc(OC)cc2)cc1. The zero-order chi connectivity index (χ0) is 18.8. The molecule has 0 aliphatic carbocycles. The molecular formula is C19H19NO6. The second-order valence-electron chi connectivity index (χ2n) is 5.13. The monoisotopic (exact) mass is 357 g/mol. The maximum atomic E-state index is 11.6. The summed E-state index contributed by atoms with van der Waals surface area (Å²) in [6, 6.07) is 13.8. The van der Waals surface area contributed by atoms with Crippen LogP contribution in [-0.4, -0.2) is 39.0 Å². The van der Waals surface area contributed by atoms with E-state index in [-0.39, 0.29) is 13.2 Å². The number of benzene rings is 2. The average molecular weight is 357 g/mol. The Morgan fingerprint density at radius 2 is 1.69 bits per heavy atom. The number of rotatable bonds is 8. The summed E-state index contributed by atoms with van der Waals surface area (Å²) < 4.78 is 14.7. The molecule has 0 aliphatic rings. The van der Waals surface area contributed by atoms with E-state index in [0.717, 1.165) is 16.9 Å². The molecule has 0 aliphatic heterocycles. The van der Waals surface area contributed by atoms with Crippen molar-refractivity contribution in [3.63, 3.8) is 0 Å². The third kappa shape index (κ3) is 5.94. The predicted octanol–water partition coefficient (Wildman–Crippen LogP) is 2.58. The first-order chi connectivity index (χ1) is 12.6. The van der Waals surface area contributed by atoms with Crippen LogP contribution in [0.5, 0.6) is 5.75 Å². The van der Waals surface area contributed by atoms with Gasteiger partial charge in [0.1, 0.15) is 12.4 Å². The van der Waals surface area contributed by atoms with E-state index in [1.54, 1.807) is 43.5 Å². The molecule has 0 saturated carbocycles. The Morgan fingerprint density at radius 3 is 2.31 bits per heavy atom. The van der Waals surface area contributed by atoms with E-state index < -0.39 is 11.9 Å². The van der Waals surface area contributed by atoms with Crippen LogP contribution in [-0.2, 0) is 25.7 Å².